The number of benzene rings is 4. The molecule has 6 rings (SSSR count). The molecule has 0 amide bonds. The average Bonchev–Trinajstić information content (AvgIpc) is 3.23. The van der Waals surface area contributed by atoms with Crippen LogP contribution in [0.25, 0.3) is 23.2 Å². The van der Waals surface area contributed by atoms with Gasteiger partial charge in [0.25, 0.3) is 17.3 Å². The summed E-state index contributed by atoms with van der Waals surface area (Å²) >= 11 is 0. The van der Waals surface area contributed by atoms with E-state index < -0.39 is 37.0 Å². The highest BCUT2D eigenvalue weighted by molar-refractivity contribution is 7.91. The molecule has 56 heavy (non-hydrogen) atoms. The van der Waals surface area contributed by atoms with E-state index in [1.54, 1.807) is 0 Å². The van der Waals surface area contributed by atoms with Gasteiger partial charge < -0.3 is 31.5 Å². The van der Waals surface area contributed by atoms with Gasteiger partial charge in [0.15, 0.2) is 37.0 Å². The summed E-state index contributed by atoms with van der Waals surface area (Å²) < 4.78 is 73.7. The number of hydrogen-bond acceptors (Lipinski definition) is 11. The van der Waals surface area contributed by atoms with Crippen molar-refractivity contribution in [2.45, 2.75) is 38.5 Å². The van der Waals surface area contributed by atoms with Crippen LogP contribution in [0.5, 0.6) is 23.0 Å². The van der Waals surface area contributed by atoms with Crippen LogP contribution in [0.1, 0.15) is 76.5 Å². The van der Waals surface area contributed by atoms with Crippen molar-refractivity contribution in [3.8, 4) is 23.0 Å². The highest BCUT2D eigenvalue weighted by Gasteiger charge is 2.30. The van der Waals surface area contributed by atoms with Gasteiger partial charge in [-0.15, -0.1) is 0 Å². The first-order valence-corrected chi connectivity index (χ1v) is 19.2. The van der Waals surface area contributed by atoms with Crippen molar-refractivity contribution in [2.24, 2.45) is 0 Å². The third-order valence-corrected chi connectivity index (χ3v) is 9.66. The maximum atomic E-state index is 12.4. The maximum absolute atomic E-state index is 12.4. The molecule has 17 heteroatoms. The fourth-order valence-electron chi connectivity index (χ4n) is 4.87. The van der Waals surface area contributed by atoms with E-state index in [0.29, 0.717) is 11.1 Å². The zero-order valence-electron chi connectivity index (χ0n) is 32.8. The Bertz CT molecular complexity index is 2530. The summed E-state index contributed by atoms with van der Waals surface area (Å²) in [6.45, 7) is 4.00. The number of aromatic hydroxyl groups is 4. The Hall–Kier alpha value is -6.77. The molecule has 0 bridgehead atoms. The van der Waals surface area contributed by atoms with Crippen LogP contribution in [0.15, 0.2) is 94.7 Å². The summed E-state index contributed by atoms with van der Waals surface area (Å²) in [6, 6.07) is 17.2. The molecule has 0 aromatic heterocycles. The number of hydrogen-bond donors (Lipinski definition) is 4. The summed E-state index contributed by atoms with van der Waals surface area (Å²) in [6.07, 6.45) is 7.66. The highest BCUT2D eigenvalue weighted by Crippen LogP contribution is 2.38. The van der Waals surface area contributed by atoms with Gasteiger partial charge >= 0.3 is 11.4 Å². The summed E-state index contributed by atoms with van der Waals surface area (Å²) in [5.41, 5.74) is 18.4. The number of carbonyl (C=O) groups excluding carboxylic acids is 3. The van der Waals surface area contributed by atoms with Crippen LogP contribution >= 0.6 is 0 Å². The number of rotatable bonds is 8. The van der Waals surface area contributed by atoms with Crippen molar-refractivity contribution in [2.75, 3.05) is 12.5 Å². The van der Waals surface area contributed by atoms with Crippen LogP contribution in [-0.2, 0) is 19.7 Å². The zero-order chi connectivity index (χ0) is 43.4. The van der Waals surface area contributed by atoms with Gasteiger partial charge in [0.1, 0.15) is 5.75 Å². The van der Waals surface area contributed by atoms with Crippen LogP contribution in [0, 0.1) is 0 Å². The van der Waals surface area contributed by atoms with Gasteiger partial charge in [0.2, 0.25) is 5.75 Å². The van der Waals surface area contributed by atoms with E-state index in [0.717, 1.165) is 12.5 Å². The number of allylic oxidation sites excluding steroid dienone is 2. The molecule has 0 atom stereocenters. The summed E-state index contributed by atoms with van der Waals surface area (Å²) in [4.78, 5) is 41.9. The first-order valence-electron chi connectivity index (χ1n) is 17.1. The van der Waals surface area contributed by atoms with Crippen LogP contribution in [0.3, 0.4) is 0 Å². The lowest BCUT2D eigenvalue weighted by Gasteiger charge is -2.10. The minimum Gasteiger partial charge on any atom is -0.508 e. The zero-order valence-corrected chi connectivity index (χ0v) is 30.5. The average molecular weight is 809 g/mol. The SMILES string of the molecule is C.C.CC.CS(=O)(=O)c1cccc2c1C=CC(=[N+]=[N-])C2=O.CS(=O)(=O)c1cccc2c1C=CC(=[N+]=[N-])C2=O.[2H]Oc1ccc(C(=O)c2ccc(O[2H])c(O[2H])c2O[2H])cc1. The van der Waals surface area contributed by atoms with Gasteiger partial charge in [-0.3, -0.25) is 14.4 Å². The topological polar surface area (TPSA) is 273 Å². The predicted molar refractivity (Wildman–Crippen MR) is 211 cm³/mol. The molecule has 0 saturated carbocycles. The molecular weight excluding hydrogens is 765 g/mol. The molecule has 2 aliphatic rings. The third-order valence-electron chi connectivity index (χ3n) is 7.35. The predicted octanol–water partition coefficient (Wildman–Crippen LogP) is 5.98. The number of Topliss-reactive ketones (excluding diaryl/α,β-unsaturated/α-hetero) is 2. The van der Waals surface area contributed by atoms with E-state index in [2.05, 4.69) is 30.0 Å². The minimum absolute atomic E-state index is 0. The molecule has 0 fully saturated rings. The largest absolute Gasteiger partial charge is 0.508 e. The van der Waals surface area contributed by atoms with Gasteiger partial charge in [-0.1, -0.05) is 53.0 Å². The summed E-state index contributed by atoms with van der Waals surface area (Å²) in [5.74, 6) is -2.04. The molecule has 4 aromatic carbocycles. The minimum atomic E-state index is -3.40. The van der Waals surface area contributed by atoms with E-state index in [4.69, 9.17) is 16.8 Å². The number of phenols is 4. The summed E-state index contributed by atoms with van der Waals surface area (Å²) in [5, 5.41) is 17.2. The lowest BCUT2D eigenvalue weighted by atomic mass is 9.95. The van der Waals surface area contributed by atoms with E-state index in [-0.39, 0.29) is 81.3 Å². The van der Waals surface area contributed by atoms with Crippen molar-refractivity contribution in [1.82, 2.24) is 0 Å². The fourth-order valence-corrected chi connectivity index (χ4v) is 6.68. The third kappa shape index (κ3) is 10.5. The quantitative estimate of drug-likeness (QED) is 0.0695. The Morgan fingerprint density at radius 2 is 1.09 bits per heavy atom. The molecule has 294 valence electrons. The van der Waals surface area contributed by atoms with Gasteiger partial charge in [-0.25, -0.2) is 16.8 Å². The maximum Gasteiger partial charge on any atom is 0.362 e. The van der Waals surface area contributed by atoms with Crippen molar-refractivity contribution in [3.05, 3.63) is 129 Å². The molecule has 0 aliphatic heterocycles. The Balaban J connectivity index is 0.000000438. The second kappa shape index (κ2) is 19.5. The molecule has 2 aliphatic carbocycles. The molecule has 4 aromatic rings. The molecule has 15 nitrogen and oxygen atoms in total. The van der Waals surface area contributed by atoms with Crippen LogP contribution in [-0.4, -0.2) is 93.9 Å². The Kier molecular flexibility index (Phi) is 14.1. The standard InChI is InChI=1S/C13H10O5.2C11H8N2O3S.C2H6.2CH4/c14-8-3-1-7(2-4-8)11(16)9-5-6-10(15)13(18)12(9)17;2*1-17(15,16)10-4-2-3-8-7(10)5-6-9(13-12)11(8)14;1-2;;/h1-6,14-15,17-18H;2*2-6H,1H3;1-2H3;2*1H4/i/hD4. The van der Waals surface area contributed by atoms with Gasteiger partial charge in [0.05, 0.1) is 15.4 Å². The monoisotopic (exact) mass is 808 g/mol. The molecule has 0 heterocycles. The molecule has 4 N–H and O–H groups in total. The van der Waals surface area contributed by atoms with Gasteiger partial charge in [0, 0.05) is 52.5 Å². The smallest absolute Gasteiger partial charge is 0.362 e. The lowest BCUT2D eigenvalue weighted by molar-refractivity contribution is -0.00459. The number of carbonyl (C=O) groups is 3. The molecule has 0 spiro atoms. The first kappa shape index (κ1) is 40.4. The number of ketones is 3. The van der Waals surface area contributed by atoms with Crippen LogP contribution in [0.2, 0.25) is 0 Å². The van der Waals surface area contributed by atoms with E-state index >= 15 is 0 Å². The molecule has 0 unspecified atom stereocenters. The van der Waals surface area contributed by atoms with Crippen molar-refractivity contribution in [1.29, 1.82) is 5.72 Å². The normalized spacial score (nSPS) is 12.9. The molecule has 0 radical (unpaired) electrons. The second-order valence-electron chi connectivity index (χ2n) is 10.9. The van der Waals surface area contributed by atoms with Crippen LogP contribution in [0.4, 0.5) is 0 Å². The number of nitrogens with zero attached hydrogens (tertiary/aromatic N) is 4. The van der Waals surface area contributed by atoms with Gasteiger partial charge in [-0.2, -0.15) is 9.58 Å². The Morgan fingerprint density at radius 3 is 1.46 bits per heavy atom. The van der Waals surface area contributed by atoms with Crippen molar-refractivity contribution < 1.29 is 61.2 Å². The van der Waals surface area contributed by atoms with Crippen molar-refractivity contribution >= 4 is 60.6 Å². The number of fused-ring (bicyclic) bond motifs is 2. The lowest BCUT2D eigenvalue weighted by Crippen LogP contribution is -2.19. The van der Waals surface area contributed by atoms with Crippen molar-refractivity contribution in [3.63, 3.8) is 0 Å². The van der Waals surface area contributed by atoms with E-state index in [1.165, 1.54) is 97.1 Å². The second-order valence-corrected chi connectivity index (χ2v) is 14.9. The fraction of sp³-hybridized carbons (Fsp3) is 0.154. The van der Waals surface area contributed by atoms with Crippen LogP contribution < -0.4 is 0 Å². The molecule has 0 saturated heterocycles. The highest BCUT2D eigenvalue weighted by atomic mass is 32.2. The Morgan fingerprint density at radius 1 is 0.625 bits per heavy atom. The first-order chi connectivity index (χ1) is 27.6. The number of phenolic OH excluding ortho intramolecular Hbond substituents is 4. The summed E-state index contributed by atoms with van der Waals surface area (Å²) in [7, 11) is -6.80. The number of sulfone groups is 2. The molecular formula is C39H40N4O11S2. The Labute approximate surface area is 330 Å². The van der Waals surface area contributed by atoms with Gasteiger partial charge in [-0.05, 0) is 60.7 Å². The van der Waals surface area contributed by atoms with E-state index in [9.17, 15) is 31.2 Å². The van der Waals surface area contributed by atoms with E-state index in [1.807, 2.05) is 13.8 Å².